The minimum Gasteiger partial charge on any atom is -0.495 e. The highest BCUT2D eigenvalue weighted by atomic mass is 32.2. The number of likely N-dealkylation sites (tertiary alicyclic amines) is 1. The highest BCUT2D eigenvalue weighted by Gasteiger charge is 2.29. The third-order valence-corrected chi connectivity index (χ3v) is 8.90. The standard InChI is InChI=1S/C28H36N2O4S2/c1-3-33-27(31)10-9-22-20-30(14-17-36-28-8-5-16-35-28)13-11-21(22)12-15-34-26-7-4-6-25-24(26)18-23(32-2)19-29-25/h4-8,16,18-19,21-22H,3,9-15,17,20H2,1-2H3/t21-,22-/m0/s1. The number of aromatic nitrogens is 1. The first-order chi connectivity index (χ1) is 17.7. The molecular formula is C28H36N2O4S2. The topological polar surface area (TPSA) is 60.9 Å². The zero-order valence-corrected chi connectivity index (χ0v) is 22.8. The van der Waals surface area contributed by atoms with Gasteiger partial charge in [0.05, 0.1) is 36.2 Å². The normalized spacial score (nSPS) is 18.3. The summed E-state index contributed by atoms with van der Waals surface area (Å²) in [6.45, 7) is 6.16. The summed E-state index contributed by atoms with van der Waals surface area (Å²) in [5.74, 6) is 3.57. The van der Waals surface area contributed by atoms with Gasteiger partial charge < -0.3 is 19.1 Å². The van der Waals surface area contributed by atoms with Crippen LogP contribution in [0, 0.1) is 11.8 Å². The van der Waals surface area contributed by atoms with Crippen molar-refractivity contribution in [1.29, 1.82) is 0 Å². The number of hydrogen-bond donors (Lipinski definition) is 0. The maximum atomic E-state index is 12.1. The number of methoxy groups -OCH3 is 1. The summed E-state index contributed by atoms with van der Waals surface area (Å²) in [6.07, 6.45) is 5.19. The molecule has 0 amide bonds. The minimum atomic E-state index is -0.0879. The minimum absolute atomic E-state index is 0.0879. The molecule has 0 radical (unpaired) electrons. The highest BCUT2D eigenvalue weighted by Crippen LogP contribution is 2.32. The van der Waals surface area contributed by atoms with E-state index >= 15 is 0 Å². The molecule has 2 aromatic heterocycles. The fourth-order valence-corrected chi connectivity index (χ4v) is 6.75. The molecule has 0 spiro atoms. The van der Waals surface area contributed by atoms with Gasteiger partial charge in [0.1, 0.15) is 11.5 Å². The summed E-state index contributed by atoms with van der Waals surface area (Å²) in [6, 6.07) is 12.2. The number of rotatable bonds is 13. The van der Waals surface area contributed by atoms with E-state index in [1.807, 2.05) is 43.0 Å². The molecule has 1 aromatic carbocycles. The summed E-state index contributed by atoms with van der Waals surface area (Å²) in [7, 11) is 1.65. The van der Waals surface area contributed by atoms with Gasteiger partial charge in [-0.2, -0.15) is 0 Å². The van der Waals surface area contributed by atoms with E-state index in [9.17, 15) is 4.79 Å². The number of ether oxygens (including phenoxy) is 3. The zero-order chi connectivity index (χ0) is 25.2. The first-order valence-corrected chi connectivity index (χ1v) is 14.6. The second-order valence-corrected chi connectivity index (χ2v) is 11.4. The number of nitrogens with zero attached hydrogens (tertiary/aromatic N) is 2. The molecule has 6 nitrogen and oxygen atoms in total. The van der Waals surface area contributed by atoms with Gasteiger partial charge in [-0.15, -0.1) is 23.1 Å². The Kier molecular flexibility index (Phi) is 10.3. The van der Waals surface area contributed by atoms with Crippen LogP contribution in [0.2, 0.25) is 0 Å². The molecule has 8 heteroatoms. The maximum absolute atomic E-state index is 12.1. The quantitative estimate of drug-likeness (QED) is 0.195. The molecule has 3 heterocycles. The fraction of sp³-hybridized carbons (Fsp3) is 0.500. The molecule has 3 aromatic rings. The van der Waals surface area contributed by atoms with E-state index in [1.165, 1.54) is 4.21 Å². The van der Waals surface area contributed by atoms with E-state index in [2.05, 4.69) is 27.4 Å². The summed E-state index contributed by atoms with van der Waals surface area (Å²) < 4.78 is 18.2. The zero-order valence-electron chi connectivity index (χ0n) is 21.2. The lowest BCUT2D eigenvalue weighted by molar-refractivity contribution is -0.143. The lowest BCUT2D eigenvalue weighted by atomic mass is 9.80. The van der Waals surface area contributed by atoms with E-state index in [4.69, 9.17) is 14.2 Å². The van der Waals surface area contributed by atoms with Crippen LogP contribution in [-0.2, 0) is 9.53 Å². The molecular weight excluding hydrogens is 492 g/mol. The average Bonchev–Trinajstić information content (AvgIpc) is 3.42. The van der Waals surface area contributed by atoms with Crippen molar-refractivity contribution in [2.75, 3.05) is 45.7 Å². The molecule has 0 saturated carbocycles. The summed E-state index contributed by atoms with van der Waals surface area (Å²) in [5.41, 5.74) is 0.898. The van der Waals surface area contributed by atoms with Crippen molar-refractivity contribution in [3.8, 4) is 11.5 Å². The first kappa shape index (κ1) is 26.8. The largest absolute Gasteiger partial charge is 0.495 e. The Labute approximate surface area is 222 Å². The van der Waals surface area contributed by atoms with E-state index in [1.54, 1.807) is 24.6 Å². The number of piperidine rings is 1. The lowest BCUT2D eigenvalue weighted by Crippen LogP contribution is -2.42. The Bertz CT molecular complexity index is 1090. The van der Waals surface area contributed by atoms with Gasteiger partial charge in [-0.25, -0.2) is 0 Å². The number of thiophene rings is 1. The Balaban J connectivity index is 1.33. The van der Waals surface area contributed by atoms with Gasteiger partial charge in [-0.1, -0.05) is 12.1 Å². The van der Waals surface area contributed by atoms with Gasteiger partial charge in [0, 0.05) is 30.6 Å². The van der Waals surface area contributed by atoms with Gasteiger partial charge in [0.25, 0.3) is 0 Å². The second kappa shape index (κ2) is 13.9. The molecule has 0 unspecified atom stereocenters. The van der Waals surface area contributed by atoms with Crippen LogP contribution in [-0.4, -0.2) is 61.6 Å². The van der Waals surface area contributed by atoms with E-state index < -0.39 is 0 Å². The molecule has 1 aliphatic rings. The van der Waals surface area contributed by atoms with Crippen molar-refractivity contribution in [3.63, 3.8) is 0 Å². The van der Waals surface area contributed by atoms with Crippen molar-refractivity contribution < 1.29 is 19.0 Å². The van der Waals surface area contributed by atoms with Gasteiger partial charge in [0.2, 0.25) is 0 Å². The van der Waals surface area contributed by atoms with Crippen LogP contribution < -0.4 is 9.47 Å². The van der Waals surface area contributed by atoms with Crippen molar-refractivity contribution in [2.24, 2.45) is 11.8 Å². The maximum Gasteiger partial charge on any atom is 0.305 e. The Morgan fingerprint density at radius 1 is 1.22 bits per heavy atom. The number of benzene rings is 1. The van der Waals surface area contributed by atoms with Crippen LogP contribution in [0.5, 0.6) is 11.5 Å². The van der Waals surface area contributed by atoms with Crippen LogP contribution in [0.4, 0.5) is 0 Å². The predicted molar refractivity (Wildman–Crippen MR) is 147 cm³/mol. The Morgan fingerprint density at radius 2 is 2.14 bits per heavy atom. The Morgan fingerprint density at radius 3 is 2.94 bits per heavy atom. The van der Waals surface area contributed by atoms with Gasteiger partial charge >= 0.3 is 5.97 Å². The van der Waals surface area contributed by atoms with Crippen molar-refractivity contribution in [3.05, 3.63) is 48.0 Å². The molecule has 2 atom stereocenters. The molecule has 36 heavy (non-hydrogen) atoms. The molecule has 1 saturated heterocycles. The third kappa shape index (κ3) is 7.60. The van der Waals surface area contributed by atoms with E-state index in [0.717, 1.165) is 67.1 Å². The first-order valence-electron chi connectivity index (χ1n) is 12.8. The van der Waals surface area contributed by atoms with Gasteiger partial charge in [-0.3, -0.25) is 9.78 Å². The molecule has 0 aliphatic carbocycles. The molecule has 4 rings (SSSR count). The molecule has 0 N–H and O–H groups in total. The molecule has 1 fully saturated rings. The van der Waals surface area contributed by atoms with Crippen LogP contribution in [0.1, 0.15) is 32.6 Å². The number of carbonyl (C=O) groups excluding carboxylic acids is 1. The fourth-order valence-electron chi connectivity index (χ4n) is 4.88. The Hall–Kier alpha value is -2.29. The summed E-state index contributed by atoms with van der Waals surface area (Å²) >= 11 is 3.74. The highest BCUT2D eigenvalue weighted by molar-refractivity contribution is 8.01. The van der Waals surface area contributed by atoms with E-state index in [0.29, 0.717) is 31.5 Å². The van der Waals surface area contributed by atoms with Crippen molar-refractivity contribution >= 4 is 40.0 Å². The van der Waals surface area contributed by atoms with Crippen LogP contribution >= 0.6 is 23.1 Å². The number of hydrogen-bond acceptors (Lipinski definition) is 8. The smallest absolute Gasteiger partial charge is 0.305 e. The second-order valence-electron chi connectivity index (χ2n) is 9.07. The molecule has 194 valence electrons. The van der Waals surface area contributed by atoms with Crippen LogP contribution in [0.3, 0.4) is 0 Å². The number of fused-ring (bicyclic) bond motifs is 1. The SMILES string of the molecule is CCOC(=O)CC[C@H]1CN(CCSc2cccs2)CC[C@H]1CCOc1cccc2ncc(OC)cc12. The van der Waals surface area contributed by atoms with Gasteiger partial charge in [-0.05, 0) is 74.2 Å². The van der Waals surface area contributed by atoms with Crippen molar-refractivity contribution in [1.82, 2.24) is 9.88 Å². The lowest BCUT2D eigenvalue weighted by Gasteiger charge is -2.38. The predicted octanol–water partition coefficient (Wildman–Crippen LogP) is 6.15. The van der Waals surface area contributed by atoms with Gasteiger partial charge in [0.15, 0.2) is 0 Å². The molecule has 0 bridgehead atoms. The van der Waals surface area contributed by atoms with Crippen molar-refractivity contribution in [2.45, 2.75) is 36.8 Å². The number of carbonyl (C=O) groups is 1. The van der Waals surface area contributed by atoms with E-state index in [-0.39, 0.29) is 5.97 Å². The average molecular weight is 529 g/mol. The monoisotopic (exact) mass is 528 g/mol. The number of thioether (sulfide) groups is 1. The number of esters is 1. The number of pyridine rings is 1. The molecule has 1 aliphatic heterocycles. The van der Waals surface area contributed by atoms with Crippen LogP contribution in [0.25, 0.3) is 10.9 Å². The summed E-state index contributed by atoms with van der Waals surface area (Å²) in [4.78, 5) is 19.1. The van der Waals surface area contributed by atoms with Crippen LogP contribution in [0.15, 0.2) is 52.2 Å². The summed E-state index contributed by atoms with van der Waals surface area (Å²) in [5, 5.41) is 3.10. The third-order valence-electron chi connectivity index (χ3n) is 6.79.